The number of aromatic amines is 1. The van der Waals surface area contributed by atoms with E-state index in [-0.39, 0.29) is 11.8 Å². The van der Waals surface area contributed by atoms with Crippen molar-refractivity contribution in [3.63, 3.8) is 0 Å². The molecule has 7 nitrogen and oxygen atoms in total. The second kappa shape index (κ2) is 5.80. The van der Waals surface area contributed by atoms with Crippen LogP contribution in [-0.4, -0.2) is 44.0 Å². The fraction of sp³-hybridized carbons (Fsp3) is 0.158. The predicted octanol–water partition coefficient (Wildman–Crippen LogP) is 2.85. The Kier molecular flexibility index (Phi) is 3.31. The van der Waals surface area contributed by atoms with Gasteiger partial charge in [-0.15, -0.1) is 0 Å². The number of benzene rings is 1. The molecule has 3 aromatic heterocycles. The first-order valence-corrected chi connectivity index (χ1v) is 8.38. The average molecular weight is 345 g/mol. The molecule has 0 radical (unpaired) electrons. The minimum absolute atomic E-state index is 0.0183. The summed E-state index contributed by atoms with van der Waals surface area (Å²) in [7, 11) is 0. The van der Waals surface area contributed by atoms with Crippen LogP contribution in [0.4, 0.5) is 0 Å². The normalized spacial score (nSPS) is 14.5. The Bertz CT molecular complexity index is 1080. The molecule has 5 rings (SSSR count). The summed E-state index contributed by atoms with van der Waals surface area (Å²) in [4.78, 5) is 26.1. The fourth-order valence-corrected chi connectivity index (χ4v) is 3.18. The summed E-state index contributed by atoms with van der Waals surface area (Å²) in [5, 5.41) is 5.11. The van der Waals surface area contributed by atoms with Gasteiger partial charge in [-0.25, -0.2) is 0 Å². The first kappa shape index (κ1) is 14.8. The zero-order valence-electron chi connectivity index (χ0n) is 13.8. The molecule has 0 spiro atoms. The minimum Gasteiger partial charge on any atom is -0.361 e. The van der Waals surface area contributed by atoms with Crippen LogP contribution in [0.2, 0.25) is 0 Å². The van der Waals surface area contributed by atoms with E-state index in [1.165, 1.54) is 0 Å². The van der Waals surface area contributed by atoms with Gasteiger partial charge in [0.05, 0.1) is 5.92 Å². The molecule has 26 heavy (non-hydrogen) atoms. The summed E-state index contributed by atoms with van der Waals surface area (Å²) < 4.78 is 5.37. The predicted molar refractivity (Wildman–Crippen MR) is 94.5 cm³/mol. The smallest absolute Gasteiger partial charge is 0.253 e. The number of rotatable bonds is 3. The SMILES string of the molecule is O=C(c1ccc2cc[nH]c2c1)N1CC(c2nc(-c3cccnc3)no2)C1. The van der Waals surface area contributed by atoms with Crippen LogP contribution in [-0.2, 0) is 0 Å². The molecule has 1 saturated heterocycles. The molecule has 1 fully saturated rings. The first-order valence-electron chi connectivity index (χ1n) is 8.38. The highest BCUT2D eigenvalue weighted by Crippen LogP contribution is 2.29. The number of fused-ring (bicyclic) bond motifs is 1. The lowest BCUT2D eigenvalue weighted by Crippen LogP contribution is -2.48. The number of carbonyl (C=O) groups excluding carboxylic acids is 1. The highest BCUT2D eigenvalue weighted by molar-refractivity contribution is 5.98. The van der Waals surface area contributed by atoms with Crippen molar-refractivity contribution in [1.29, 1.82) is 0 Å². The Hall–Kier alpha value is -3.48. The lowest BCUT2D eigenvalue weighted by molar-refractivity contribution is 0.0569. The van der Waals surface area contributed by atoms with E-state index in [0.717, 1.165) is 16.5 Å². The summed E-state index contributed by atoms with van der Waals surface area (Å²) >= 11 is 0. The Morgan fingerprint density at radius 2 is 2.15 bits per heavy atom. The summed E-state index contributed by atoms with van der Waals surface area (Å²) in [5.74, 6) is 1.18. The highest BCUT2D eigenvalue weighted by Gasteiger charge is 2.36. The summed E-state index contributed by atoms with van der Waals surface area (Å²) in [6.07, 6.45) is 5.26. The molecule has 1 aliphatic heterocycles. The van der Waals surface area contributed by atoms with Crippen molar-refractivity contribution < 1.29 is 9.32 Å². The number of hydrogen-bond acceptors (Lipinski definition) is 5. The van der Waals surface area contributed by atoms with Gasteiger partial charge in [0.15, 0.2) is 0 Å². The molecule has 1 aromatic carbocycles. The van der Waals surface area contributed by atoms with E-state index in [0.29, 0.717) is 30.4 Å². The van der Waals surface area contributed by atoms with Crippen LogP contribution in [0.15, 0.2) is 59.5 Å². The van der Waals surface area contributed by atoms with E-state index < -0.39 is 0 Å². The van der Waals surface area contributed by atoms with Crippen LogP contribution >= 0.6 is 0 Å². The van der Waals surface area contributed by atoms with Crippen LogP contribution in [0, 0.1) is 0 Å². The molecule has 0 bridgehead atoms. The Morgan fingerprint density at radius 1 is 1.23 bits per heavy atom. The first-order chi connectivity index (χ1) is 12.8. The van der Waals surface area contributed by atoms with Gasteiger partial charge in [-0.2, -0.15) is 4.98 Å². The number of pyridine rings is 1. The number of amides is 1. The third-order valence-electron chi connectivity index (χ3n) is 4.68. The maximum Gasteiger partial charge on any atom is 0.253 e. The van der Waals surface area contributed by atoms with E-state index in [1.807, 2.05) is 42.6 Å². The number of H-pyrrole nitrogens is 1. The number of aromatic nitrogens is 4. The third-order valence-corrected chi connectivity index (χ3v) is 4.68. The van der Waals surface area contributed by atoms with Crippen LogP contribution in [0.5, 0.6) is 0 Å². The number of nitrogens with zero attached hydrogens (tertiary/aromatic N) is 4. The van der Waals surface area contributed by atoms with Gasteiger partial charge >= 0.3 is 0 Å². The van der Waals surface area contributed by atoms with Crippen LogP contribution < -0.4 is 0 Å². The lowest BCUT2D eigenvalue weighted by atomic mass is 9.98. The standard InChI is InChI=1S/C19H15N5O2/c25-19(13-4-3-12-5-7-21-16(12)8-13)24-10-15(11-24)18-22-17(23-26-18)14-2-1-6-20-9-14/h1-9,15,21H,10-11H2. The van der Waals surface area contributed by atoms with Crippen LogP contribution in [0.25, 0.3) is 22.3 Å². The molecule has 4 aromatic rings. The Morgan fingerprint density at radius 3 is 3.00 bits per heavy atom. The minimum atomic E-state index is 0.0183. The number of hydrogen-bond donors (Lipinski definition) is 1. The van der Waals surface area contributed by atoms with Gasteiger partial charge in [-0.05, 0) is 35.7 Å². The van der Waals surface area contributed by atoms with Crippen molar-refractivity contribution >= 4 is 16.8 Å². The Balaban J connectivity index is 1.28. The van der Waals surface area contributed by atoms with Crippen molar-refractivity contribution in [2.24, 2.45) is 0 Å². The zero-order chi connectivity index (χ0) is 17.5. The fourth-order valence-electron chi connectivity index (χ4n) is 3.18. The molecule has 1 N–H and O–H groups in total. The molecule has 1 aliphatic rings. The van der Waals surface area contributed by atoms with Gasteiger partial charge in [0, 0.05) is 48.3 Å². The van der Waals surface area contributed by atoms with Crippen molar-refractivity contribution in [2.75, 3.05) is 13.1 Å². The van der Waals surface area contributed by atoms with Crippen molar-refractivity contribution in [3.8, 4) is 11.4 Å². The largest absolute Gasteiger partial charge is 0.361 e. The molecule has 0 unspecified atom stereocenters. The highest BCUT2D eigenvalue weighted by atomic mass is 16.5. The van der Waals surface area contributed by atoms with Gasteiger partial charge in [0.2, 0.25) is 11.7 Å². The average Bonchev–Trinajstić information content (AvgIpc) is 3.30. The van der Waals surface area contributed by atoms with E-state index in [1.54, 1.807) is 17.3 Å². The van der Waals surface area contributed by atoms with E-state index in [4.69, 9.17) is 4.52 Å². The van der Waals surface area contributed by atoms with Crippen LogP contribution in [0.3, 0.4) is 0 Å². The Labute approximate surface area is 148 Å². The maximum absolute atomic E-state index is 12.6. The van der Waals surface area contributed by atoms with E-state index >= 15 is 0 Å². The van der Waals surface area contributed by atoms with E-state index in [2.05, 4.69) is 20.1 Å². The molecule has 0 aliphatic carbocycles. The number of nitrogens with one attached hydrogen (secondary N) is 1. The molecule has 0 saturated carbocycles. The molecule has 4 heterocycles. The number of likely N-dealkylation sites (tertiary alicyclic amines) is 1. The third kappa shape index (κ3) is 2.45. The maximum atomic E-state index is 12.6. The lowest BCUT2D eigenvalue weighted by Gasteiger charge is -2.37. The van der Waals surface area contributed by atoms with E-state index in [9.17, 15) is 4.79 Å². The zero-order valence-corrected chi connectivity index (χ0v) is 13.8. The van der Waals surface area contributed by atoms with Crippen molar-refractivity contribution in [1.82, 2.24) is 25.0 Å². The molecule has 7 heteroatoms. The monoisotopic (exact) mass is 345 g/mol. The molecule has 1 amide bonds. The second-order valence-corrected chi connectivity index (χ2v) is 6.38. The van der Waals surface area contributed by atoms with Gasteiger partial charge in [-0.1, -0.05) is 11.2 Å². The molecule has 128 valence electrons. The van der Waals surface area contributed by atoms with Crippen molar-refractivity contribution in [3.05, 3.63) is 66.4 Å². The van der Waals surface area contributed by atoms with Gasteiger partial charge in [0.25, 0.3) is 5.91 Å². The topological polar surface area (TPSA) is 87.9 Å². The second-order valence-electron chi connectivity index (χ2n) is 6.38. The molecule has 0 atom stereocenters. The van der Waals surface area contributed by atoms with Gasteiger partial charge in [0.1, 0.15) is 0 Å². The molecular weight excluding hydrogens is 330 g/mol. The van der Waals surface area contributed by atoms with Crippen LogP contribution in [0.1, 0.15) is 22.2 Å². The van der Waals surface area contributed by atoms with Crippen molar-refractivity contribution in [2.45, 2.75) is 5.92 Å². The molecular formula is C19H15N5O2. The quantitative estimate of drug-likeness (QED) is 0.617. The van der Waals surface area contributed by atoms with Gasteiger partial charge in [-0.3, -0.25) is 9.78 Å². The summed E-state index contributed by atoms with van der Waals surface area (Å²) in [6, 6.07) is 11.4. The summed E-state index contributed by atoms with van der Waals surface area (Å²) in [6.45, 7) is 1.16. The number of carbonyl (C=O) groups is 1. The summed E-state index contributed by atoms with van der Waals surface area (Å²) in [5.41, 5.74) is 2.46. The van der Waals surface area contributed by atoms with Gasteiger partial charge < -0.3 is 14.4 Å².